The Labute approximate surface area is 88.7 Å². The number of rotatable bonds is 2. The third-order valence-corrected chi connectivity index (χ3v) is 3.02. The third-order valence-electron chi connectivity index (χ3n) is 2.19. The fourth-order valence-corrected chi connectivity index (χ4v) is 2.41. The van der Waals surface area contributed by atoms with Gasteiger partial charge in [-0.1, -0.05) is 18.2 Å². The topological polar surface area (TPSA) is 47.0 Å². The van der Waals surface area contributed by atoms with Crippen LogP contribution in [0, 0.1) is 0 Å². The number of fused-ring (bicyclic) bond motifs is 1. The largest absolute Gasteiger partial charge is 0.264 e. The fourth-order valence-electron chi connectivity index (χ4n) is 1.60. The molecule has 78 valence electrons. The molecule has 0 aliphatic rings. The molecular formula is C11H11NO2S. The van der Waals surface area contributed by atoms with Crippen LogP contribution in [0.5, 0.6) is 0 Å². The maximum absolute atomic E-state index is 11.2. The highest BCUT2D eigenvalue weighted by atomic mass is 32.2. The summed E-state index contributed by atoms with van der Waals surface area (Å²) in [6.07, 6.45) is 4.66. The Morgan fingerprint density at radius 3 is 2.80 bits per heavy atom. The first kappa shape index (κ1) is 10.1. The second-order valence-electron chi connectivity index (χ2n) is 3.58. The van der Waals surface area contributed by atoms with Crippen LogP contribution in [-0.2, 0) is 15.6 Å². The van der Waals surface area contributed by atoms with Gasteiger partial charge in [0.2, 0.25) is 0 Å². The van der Waals surface area contributed by atoms with Gasteiger partial charge in [0, 0.05) is 24.0 Å². The highest BCUT2D eigenvalue weighted by molar-refractivity contribution is 7.89. The molecule has 2 aromatic rings. The highest BCUT2D eigenvalue weighted by Gasteiger charge is 2.07. The first-order chi connectivity index (χ1) is 7.06. The predicted molar refractivity (Wildman–Crippen MR) is 60.3 cm³/mol. The van der Waals surface area contributed by atoms with Crippen LogP contribution < -0.4 is 0 Å². The van der Waals surface area contributed by atoms with Crippen LogP contribution in [0.25, 0.3) is 10.8 Å². The summed E-state index contributed by atoms with van der Waals surface area (Å²) in [6.45, 7) is 0. The van der Waals surface area contributed by atoms with Crippen molar-refractivity contribution in [1.29, 1.82) is 0 Å². The van der Waals surface area contributed by atoms with Crippen LogP contribution in [0.15, 0.2) is 36.7 Å². The van der Waals surface area contributed by atoms with Gasteiger partial charge in [-0.25, -0.2) is 8.42 Å². The second-order valence-corrected chi connectivity index (χ2v) is 5.72. The number of nitrogens with zero attached hydrogens (tertiary/aromatic N) is 1. The van der Waals surface area contributed by atoms with Crippen LogP contribution in [0.3, 0.4) is 0 Å². The minimum atomic E-state index is -2.99. The molecule has 1 aromatic carbocycles. The maximum Gasteiger partial charge on any atom is 0.151 e. The molecule has 0 saturated heterocycles. The molecule has 0 spiro atoms. The normalized spacial score (nSPS) is 11.8. The van der Waals surface area contributed by atoms with Gasteiger partial charge in [0.1, 0.15) is 0 Å². The molecular weight excluding hydrogens is 210 g/mol. The summed E-state index contributed by atoms with van der Waals surface area (Å²) in [5, 5.41) is 1.93. The molecule has 0 aliphatic carbocycles. The van der Waals surface area contributed by atoms with Gasteiger partial charge in [-0.15, -0.1) is 0 Å². The maximum atomic E-state index is 11.2. The summed E-state index contributed by atoms with van der Waals surface area (Å²) in [4.78, 5) is 4.00. The van der Waals surface area contributed by atoms with Crippen LogP contribution in [0.4, 0.5) is 0 Å². The lowest BCUT2D eigenvalue weighted by atomic mass is 10.1. The standard InChI is InChI=1S/C11H11NO2S/c1-15(13,14)8-10-4-2-3-9-7-12-6-5-11(9)10/h2-7H,8H2,1H3. The number of benzene rings is 1. The van der Waals surface area contributed by atoms with Crippen molar-refractivity contribution in [3.05, 3.63) is 42.2 Å². The first-order valence-electron chi connectivity index (χ1n) is 4.55. The van der Waals surface area contributed by atoms with E-state index >= 15 is 0 Å². The van der Waals surface area contributed by atoms with E-state index in [-0.39, 0.29) is 5.75 Å². The molecule has 0 amide bonds. The van der Waals surface area contributed by atoms with Gasteiger partial charge in [0.05, 0.1) is 5.75 Å². The van der Waals surface area contributed by atoms with Crippen molar-refractivity contribution < 1.29 is 8.42 Å². The molecule has 0 N–H and O–H groups in total. The summed E-state index contributed by atoms with van der Waals surface area (Å²) < 4.78 is 22.5. The Balaban J connectivity index is 2.61. The zero-order chi connectivity index (χ0) is 10.9. The average molecular weight is 221 g/mol. The minimum absolute atomic E-state index is 0.0777. The third kappa shape index (κ3) is 2.33. The van der Waals surface area contributed by atoms with Gasteiger partial charge in [0.15, 0.2) is 9.84 Å². The van der Waals surface area contributed by atoms with Crippen molar-refractivity contribution in [2.24, 2.45) is 0 Å². The van der Waals surface area contributed by atoms with E-state index < -0.39 is 9.84 Å². The van der Waals surface area contributed by atoms with Gasteiger partial charge in [0.25, 0.3) is 0 Å². The minimum Gasteiger partial charge on any atom is -0.264 e. The van der Waals surface area contributed by atoms with E-state index in [1.54, 1.807) is 12.4 Å². The number of hydrogen-bond acceptors (Lipinski definition) is 3. The van der Waals surface area contributed by atoms with Crippen molar-refractivity contribution >= 4 is 20.6 Å². The quantitative estimate of drug-likeness (QED) is 0.776. The van der Waals surface area contributed by atoms with Crippen molar-refractivity contribution in [3.63, 3.8) is 0 Å². The SMILES string of the molecule is CS(=O)(=O)Cc1cccc2cnccc12. The Kier molecular flexibility index (Phi) is 2.44. The molecule has 0 aliphatic heterocycles. The lowest BCUT2D eigenvalue weighted by Gasteiger charge is -2.04. The first-order valence-corrected chi connectivity index (χ1v) is 6.62. The smallest absolute Gasteiger partial charge is 0.151 e. The van der Waals surface area contributed by atoms with Crippen LogP contribution in [0.1, 0.15) is 5.56 Å². The molecule has 4 heteroatoms. The van der Waals surface area contributed by atoms with Crippen LogP contribution >= 0.6 is 0 Å². The molecule has 0 fully saturated rings. The molecule has 2 rings (SSSR count). The van der Waals surface area contributed by atoms with Crippen LogP contribution in [-0.4, -0.2) is 19.7 Å². The van der Waals surface area contributed by atoms with E-state index in [9.17, 15) is 8.42 Å². The van der Waals surface area contributed by atoms with Gasteiger partial charge >= 0.3 is 0 Å². The molecule has 3 nitrogen and oxygen atoms in total. The number of aromatic nitrogens is 1. The Morgan fingerprint density at radius 2 is 2.07 bits per heavy atom. The Hall–Kier alpha value is -1.42. The lowest BCUT2D eigenvalue weighted by Crippen LogP contribution is -2.01. The van der Waals surface area contributed by atoms with E-state index in [4.69, 9.17) is 0 Å². The van der Waals surface area contributed by atoms with Gasteiger partial charge in [-0.05, 0) is 17.0 Å². The zero-order valence-corrected chi connectivity index (χ0v) is 9.16. The van der Waals surface area contributed by atoms with Crippen molar-refractivity contribution in [2.45, 2.75) is 5.75 Å². The molecule has 1 aromatic heterocycles. The number of pyridine rings is 1. The summed E-state index contributed by atoms with van der Waals surface area (Å²) in [6, 6.07) is 7.46. The molecule has 0 saturated carbocycles. The van der Waals surface area contributed by atoms with E-state index in [0.717, 1.165) is 16.3 Å². The molecule has 0 atom stereocenters. The average Bonchev–Trinajstić information content (AvgIpc) is 2.16. The van der Waals surface area contributed by atoms with Gasteiger partial charge in [-0.3, -0.25) is 4.98 Å². The molecule has 15 heavy (non-hydrogen) atoms. The Bertz CT molecular complexity index is 585. The summed E-state index contributed by atoms with van der Waals surface area (Å²) >= 11 is 0. The number of sulfone groups is 1. The summed E-state index contributed by atoms with van der Waals surface area (Å²) in [7, 11) is -2.99. The van der Waals surface area contributed by atoms with E-state index in [0.29, 0.717) is 0 Å². The highest BCUT2D eigenvalue weighted by Crippen LogP contribution is 2.19. The summed E-state index contributed by atoms with van der Waals surface area (Å²) in [5.41, 5.74) is 0.831. The molecule has 0 unspecified atom stereocenters. The number of hydrogen-bond donors (Lipinski definition) is 0. The monoisotopic (exact) mass is 221 g/mol. The fraction of sp³-hybridized carbons (Fsp3) is 0.182. The van der Waals surface area contributed by atoms with Crippen molar-refractivity contribution in [2.75, 3.05) is 6.26 Å². The van der Waals surface area contributed by atoms with Gasteiger partial charge < -0.3 is 0 Å². The van der Waals surface area contributed by atoms with Crippen molar-refractivity contribution in [1.82, 2.24) is 4.98 Å². The summed E-state index contributed by atoms with van der Waals surface area (Å²) in [5.74, 6) is 0.0777. The molecule has 0 radical (unpaired) electrons. The van der Waals surface area contributed by atoms with E-state index in [2.05, 4.69) is 4.98 Å². The second kappa shape index (κ2) is 3.62. The molecule has 1 heterocycles. The van der Waals surface area contributed by atoms with Crippen molar-refractivity contribution in [3.8, 4) is 0 Å². The predicted octanol–water partition coefficient (Wildman–Crippen LogP) is 1.78. The van der Waals surface area contributed by atoms with E-state index in [1.807, 2.05) is 24.3 Å². The van der Waals surface area contributed by atoms with Gasteiger partial charge in [-0.2, -0.15) is 0 Å². The zero-order valence-electron chi connectivity index (χ0n) is 8.34. The van der Waals surface area contributed by atoms with E-state index in [1.165, 1.54) is 6.26 Å². The Morgan fingerprint density at radius 1 is 1.27 bits per heavy atom. The molecule has 0 bridgehead atoms. The lowest BCUT2D eigenvalue weighted by molar-refractivity contribution is 0.601. The van der Waals surface area contributed by atoms with Crippen LogP contribution in [0.2, 0.25) is 0 Å².